The molecule has 1 aliphatic rings. The van der Waals surface area contributed by atoms with Gasteiger partial charge in [-0.3, -0.25) is 9.59 Å². The summed E-state index contributed by atoms with van der Waals surface area (Å²) in [5, 5.41) is 5.05. The van der Waals surface area contributed by atoms with Crippen molar-refractivity contribution in [1.29, 1.82) is 0 Å². The number of rotatable bonds is 5. The van der Waals surface area contributed by atoms with Crippen molar-refractivity contribution in [3.05, 3.63) is 52.5 Å². The molecule has 1 aliphatic heterocycles. The lowest BCUT2D eigenvalue weighted by molar-refractivity contribution is -0.127. The number of thiophene rings is 1. The first-order valence-corrected chi connectivity index (χ1v) is 9.24. The van der Waals surface area contributed by atoms with Crippen molar-refractivity contribution >= 4 is 28.8 Å². The number of halogens is 1. The van der Waals surface area contributed by atoms with Crippen LogP contribution in [0.3, 0.4) is 0 Å². The van der Waals surface area contributed by atoms with Gasteiger partial charge in [0, 0.05) is 17.8 Å². The van der Waals surface area contributed by atoms with Gasteiger partial charge in [0.1, 0.15) is 5.82 Å². The van der Waals surface area contributed by atoms with E-state index >= 15 is 0 Å². The summed E-state index contributed by atoms with van der Waals surface area (Å²) in [5.74, 6) is -1.05. The number of benzene rings is 1. The zero-order valence-electron chi connectivity index (χ0n) is 14.2. The lowest BCUT2D eigenvalue weighted by Crippen LogP contribution is -2.37. The molecule has 0 radical (unpaired) electrons. The van der Waals surface area contributed by atoms with Crippen LogP contribution >= 0.6 is 11.3 Å². The van der Waals surface area contributed by atoms with E-state index in [9.17, 15) is 14.0 Å². The quantitative estimate of drug-likeness (QED) is 0.883. The SMILES string of the molecule is CC(C)[C@@H](NC(=O)[C@@H]1CC(=O)N(c2ccccc2F)C1)c1cccs1. The second-order valence-electron chi connectivity index (χ2n) is 6.60. The van der Waals surface area contributed by atoms with Crippen LogP contribution in [0.1, 0.15) is 31.2 Å². The summed E-state index contributed by atoms with van der Waals surface area (Å²) < 4.78 is 14.0. The van der Waals surface area contributed by atoms with Crippen LogP contribution in [0, 0.1) is 17.7 Å². The Hall–Kier alpha value is -2.21. The maximum Gasteiger partial charge on any atom is 0.227 e. The van der Waals surface area contributed by atoms with Crippen LogP contribution in [0.5, 0.6) is 0 Å². The zero-order valence-corrected chi connectivity index (χ0v) is 15.1. The Balaban J connectivity index is 1.71. The first kappa shape index (κ1) is 17.6. The van der Waals surface area contributed by atoms with Gasteiger partial charge in [0.2, 0.25) is 11.8 Å². The summed E-state index contributed by atoms with van der Waals surface area (Å²) in [7, 11) is 0. The Morgan fingerprint density at radius 1 is 1.28 bits per heavy atom. The van der Waals surface area contributed by atoms with Gasteiger partial charge in [-0.15, -0.1) is 11.3 Å². The first-order valence-electron chi connectivity index (χ1n) is 8.36. The van der Waals surface area contributed by atoms with Gasteiger partial charge in [-0.1, -0.05) is 32.0 Å². The third-order valence-corrected chi connectivity index (χ3v) is 5.41. The van der Waals surface area contributed by atoms with E-state index < -0.39 is 11.7 Å². The molecule has 0 aliphatic carbocycles. The van der Waals surface area contributed by atoms with Crippen molar-refractivity contribution in [2.75, 3.05) is 11.4 Å². The van der Waals surface area contributed by atoms with Crippen LogP contribution in [-0.2, 0) is 9.59 Å². The van der Waals surface area contributed by atoms with E-state index in [1.807, 2.05) is 17.5 Å². The van der Waals surface area contributed by atoms with Crippen LogP contribution < -0.4 is 10.2 Å². The molecule has 1 aromatic carbocycles. The van der Waals surface area contributed by atoms with Crippen molar-refractivity contribution in [1.82, 2.24) is 5.32 Å². The largest absolute Gasteiger partial charge is 0.348 e. The topological polar surface area (TPSA) is 49.4 Å². The highest BCUT2D eigenvalue weighted by Crippen LogP contribution is 2.30. The Morgan fingerprint density at radius 3 is 2.68 bits per heavy atom. The summed E-state index contributed by atoms with van der Waals surface area (Å²) in [6.45, 7) is 4.31. The van der Waals surface area contributed by atoms with Gasteiger partial charge in [-0.25, -0.2) is 4.39 Å². The monoisotopic (exact) mass is 360 g/mol. The molecule has 1 fully saturated rings. The molecule has 1 N–H and O–H groups in total. The maximum atomic E-state index is 14.0. The number of nitrogens with zero attached hydrogens (tertiary/aromatic N) is 1. The fraction of sp³-hybridized carbons (Fsp3) is 0.368. The molecular weight excluding hydrogens is 339 g/mol. The van der Waals surface area contributed by atoms with Crippen molar-refractivity contribution in [3.8, 4) is 0 Å². The van der Waals surface area contributed by atoms with E-state index in [2.05, 4.69) is 19.2 Å². The van der Waals surface area contributed by atoms with Crippen LogP contribution in [0.25, 0.3) is 0 Å². The molecule has 4 nitrogen and oxygen atoms in total. The van der Waals surface area contributed by atoms with Crippen LogP contribution in [-0.4, -0.2) is 18.4 Å². The third-order valence-electron chi connectivity index (χ3n) is 4.45. The number of hydrogen-bond donors (Lipinski definition) is 1. The van der Waals surface area contributed by atoms with Gasteiger partial charge in [-0.2, -0.15) is 0 Å². The molecule has 0 saturated carbocycles. The molecule has 1 aromatic heterocycles. The minimum Gasteiger partial charge on any atom is -0.348 e. The average Bonchev–Trinajstić information content (AvgIpc) is 3.22. The highest BCUT2D eigenvalue weighted by atomic mass is 32.1. The predicted molar refractivity (Wildman–Crippen MR) is 96.9 cm³/mol. The van der Waals surface area contributed by atoms with E-state index in [-0.39, 0.29) is 42.4 Å². The number of carbonyl (C=O) groups excluding carboxylic acids is 2. The Labute approximate surface area is 150 Å². The van der Waals surface area contributed by atoms with Crippen molar-refractivity contribution < 1.29 is 14.0 Å². The maximum absolute atomic E-state index is 14.0. The molecule has 25 heavy (non-hydrogen) atoms. The molecule has 0 spiro atoms. The summed E-state index contributed by atoms with van der Waals surface area (Å²) in [6, 6.07) is 10.0. The fourth-order valence-corrected chi connectivity index (χ4v) is 4.04. The van der Waals surface area contributed by atoms with E-state index in [0.29, 0.717) is 0 Å². The first-order chi connectivity index (χ1) is 12.0. The van der Waals surface area contributed by atoms with Gasteiger partial charge >= 0.3 is 0 Å². The molecule has 2 amide bonds. The molecular formula is C19H21FN2O2S. The number of hydrogen-bond acceptors (Lipinski definition) is 3. The molecule has 2 heterocycles. The summed E-state index contributed by atoms with van der Waals surface area (Å²) in [4.78, 5) is 27.4. The second-order valence-corrected chi connectivity index (χ2v) is 7.58. The molecule has 6 heteroatoms. The lowest BCUT2D eigenvalue weighted by Gasteiger charge is -2.23. The number of amides is 2. The van der Waals surface area contributed by atoms with Gasteiger partial charge in [0.05, 0.1) is 17.6 Å². The Kier molecular flexibility index (Phi) is 5.18. The number of anilines is 1. The normalized spacial score (nSPS) is 18.6. The minimum atomic E-state index is -0.465. The third kappa shape index (κ3) is 3.74. The molecule has 3 rings (SSSR count). The van der Waals surface area contributed by atoms with E-state index in [4.69, 9.17) is 0 Å². The Morgan fingerprint density at radius 2 is 2.04 bits per heavy atom. The number of carbonyl (C=O) groups is 2. The van der Waals surface area contributed by atoms with Gasteiger partial charge in [0.25, 0.3) is 0 Å². The van der Waals surface area contributed by atoms with Crippen molar-refractivity contribution in [3.63, 3.8) is 0 Å². The van der Waals surface area contributed by atoms with Crippen LogP contribution in [0.4, 0.5) is 10.1 Å². The minimum absolute atomic E-state index is 0.0786. The van der Waals surface area contributed by atoms with Gasteiger partial charge in [0.15, 0.2) is 0 Å². The van der Waals surface area contributed by atoms with E-state index in [0.717, 1.165) is 4.88 Å². The molecule has 0 bridgehead atoms. The summed E-state index contributed by atoms with van der Waals surface area (Å²) in [5.41, 5.74) is 0.237. The highest BCUT2D eigenvalue weighted by Gasteiger charge is 2.37. The highest BCUT2D eigenvalue weighted by molar-refractivity contribution is 7.10. The second kappa shape index (κ2) is 7.35. The Bertz CT molecular complexity index is 761. The molecule has 2 atom stereocenters. The standard InChI is InChI=1S/C19H21FN2O2S/c1-12(2)18(16-8-5-9-25-16)21-19(24)13-10-17(23)22(11-13)15-7-4-3-6-14(15)20/h3-9,12-13,18H,10-11H2,1-2H3,(H,21,24)/t13-,18-/m1/s1. The summed E-state index contributed by atoms with van der Waals surface area (Å²) >= 11 is 1.60. The number of para-hydroxylation sites is 1. The molecule has 2 aromatic rings. The lowest BCUT2D eigenvalue weighted by atomic mass is 10.0. The molecule has 1 saturated heterocycles. The zero-order chi connectivity index (χ0) is 18.0. The van der Waals surface area contributed by atoms with Crippen LogP contribution in [0.2, 0.25) is 0 Å². The van der Waals surface area contributed by atoms with Gasteiger partial charge < -0.3 is 10.2 Å². The van der Waals surface area contributed by atoms with Gasteiger partial charge in [-0.05, 0) is 29.5 Å². The molecule has 0 unspecified atom stereocenters. The van der Waals surface area contributed by atoms with Crippen LogP contribution in [0.15, 0.2) is 41.8 Å². The average molecular weight is 360 g/mol. The van der Waals surface area contributed by atoms with E-state index in [1.54, 1.807) is 29.5 Å². The van der Waals surface area contributed by atoms with Crippen molar-refractivity contribution in [2.45, 2.75) is 26.3 Å². The van der Waals surface area contributed by atoms with Crippen molar-refractivity contribution in [2.24, 2.45) is 11.8 Å². The molecule has 132 valence electrons. The fourth-order valence-electron chi connectivity index (χ4n) is 3.09. The predicted octanol–water partition coefficient (Wildman–Crippen LogP) is 3.75. The van der Waals surface area contributed by atoms with E-state index in [1.165, 1.54) is 11.0 Å². The summed E-state index contributed by atoms with van der Waals surface area (Å²) in [6.07, 6.45) is 0.107. The smallest absolute Gasteiger partial charge is 0.227 e. The number of nitrogens with one attached hydrogen (secondary N) is 1.